The van der Waals surface area contributed by atoms with Crippen molar-refractivity contribution in [2.24, 2.45) is 0 Å². The average molecular weight is 197 g/mol. The van der Waals surface area contributed by atoms with E-state index in [9.17, 15) is 4.79 Å². The van der Waals surface area contributed by atoms with Gasteiger partial charge in [-0.2, -0.15) is 0 Å². The van der Waals surface area contributed by atoms with Gasteiger partial charge in [0, 0.05) is 5.69 Å². The Kier molecular flexibility index (Phi) is 3.90. The van der Waals surface area contributed by atoms with Gasteiger partial charge in [-0.15, -0.1) is 0 Å². The van der Waals surface area contributed by atoms with Gasteiger partial charge in [0.15, 0.2) is 0 Å². The number of carbonyl (C=O) groups is 1. The van der Waals surface area contributed by atoms with Crippen molar-refractivity contribution in [2.45, 2.75) is 6.29 Å². The molecule has 1 amide bonds. The summed E-state index contributed by atoms with van der Waals surface area (Å²) in [6.45, 7) is -0.623. The summed E-state index contributed by atoms with van der Waals surface area (Å²) < 4.78 is 4.36. The van der Waals surface area contributed by atoms with E-state index in [1.165, 1.54) is 0 Å². The number of anilines is 1. The molecule has 76 valence electrons. The van der Waals surface area contributed by atoms with E-state index in [0.29, 0.717) is 5.69 Å². The predicted molar refractivity (Wildman–Crippen MR) is 49.6 cm³/mol. The minimum Gasteiger partial charge on any atom is -0.417 e. The van der Waals surface area contributed by atoms with Crippen LogP contribution in [-0.2, 0) is 4.74 Å². The number of benzene rings is 1. The van der Waals surface area contributed by atoms with E-state index in [1.54, 1.807) is 30.3 Å². The largest absolute Gasteiger partial charge is 0.417 e. The molecule has 0 fully saturated rings. The highest BCUT2D eigenvalue weighted by Gasteiger charge is 2.08. The van der Waals surface area contributed by atoms with Gasteiger partial charge >= 0.3 is 6.09 Å². The monoisotopic (exact) mass is 197 g/mol. The summed E-state index contributed by atoms with van der Waals surface area (Å²) in [5.74, 6) is 0. The van der Waals surface area contributed by atoms with Gasteiger partial charge in [-0.1, -0.05) is 18.2 Å². The molecule has 1 aromatic carbocycles. The zero-order valence-corrected chi connectivity index (χ0v) is 7.38. The second kappa shape index (κ2) is 5.21. The summed E-state index contributed by atoms with van der Waals surface area (Å²) in [7, 11) is 0. The quantitative estimate of drug-likeness (QED) is 0.618. The smallest absolute Gasteiger partial charge is 0.414 e. The summed E-state index contributed by atoms with van der Waals surface area (Å²) in [5, 5.41) is 19.5. The van der Waals surface area contributed by atoms with Crippen LogP contribution in [0, 0.1) is 0 Å². The molecule has 0 saturated heterocycles. The maximum Gasteiger partial charge on any atom is 0.414 e. The Labute approximate surface area is 80.9 Å². The van der Waals surface area contributed by atoms with E-state index in [0.717, 1.165) is 0 Å². The maximum atomic E-state index is 11.0. The molecule has 0 aromatic heterocycles. The van der Waals surface area contributed by atoms with Crippen LogP contribution in [-0.4, -0.2) is 29.2 Å². The molecule has 1 unspecified atom stereocenters. The summed E-state index contributed by atoms with van der Waals surface area (Å²) in [4.78, 5) is 11.0. The normalized spacial score (nSPS) is 11.9. The van der Waals surface area contributed by atoms with E-state index in [1.807, 2.05) is 0 Å². The summed E-state index contributed by atoms with van der Waals surface area (Å²) in [6, 6.07) is 8.65. The Morgan fingerprint density at radius 3 is 2.64 bits per heavy atom. The van der Waals surface area contributed by atoms with Crippen molar-refractivity contribution in [1.29, 1.82) is 0 Å². The average Bonchev–Trinajstić information content (AvgIpc) is 2.19. The number of hydrogen-bond donors (Lipinski definition) is 3. The molecule has 0 bridgehead atoms. The lowest BCUT2D eigenvalue weighted by atomic mass is 10.3. The van der Waals surface area contributed by atoms with E-state index >= 15 is 0 Å². The molecule has 0 heterocycles. The molecule has 1 atom stereocenters. The highest BCUT2D eigenvalue weighted by molar-refractivity contribution is 5.84. The molecule has 0 saturated carbocycles. The van der Waals surface area contributed by atoms with Gasteiger partial charge in [-0.3, -0.25) is 5.32 Å². The van der Waals surface area contributed by atoms with Crippen LogP contribution in [0.15, 0.2) is 30.3 Å². The Morgan fingerprint density at radius 1 is 1.43 bits per heavy atom. The number of amides is 1. The first-order valence-electron chi connectivity index (χ1n) is 4.04. The lowest BCUT2D eigenvalue weighted by Crippen LogP contribution is -2.24. The third-order valence-corrected chi connectivity index (χ3v) is 1.42. The highest BCUT2D eigenvalue weighted by atomic mass is 16.7. The number of carbonyl (C=O) groups excluding carboxylic acids is 1. The molecule has 3 N–H and O–H groups in total. The van der Waals surface area contributed by atoms with Crippen LogP contribution in [0.1, 0.15) is 0 Å². The molecule has 0 spiro atoms. The van der Waals surface area contributed by atoms with Gasteiger partial charge in [0.2, 0.25) is 6.29 Å². The number of aliphatic hydroxyl groups is 2. The first kappa shape index (κ1) is 10.5. The zero-order chi connectivity index (χ0) is 10.4. The molecular formula is C9H11NO4. The molecule has 5 heteroatoms. The first-order valence-corrected chi connectivity index (χ1v) is 4.04. The van der Waals surface area contributed by atoms with Crippen molar-refractivity contribution in [3.05, 3.63) is 30.3 Å². The standard InChI is InChI=1S/C9H11NO4/c11-6-8(12)14-9(13)10-7-4-2-1-3-5-7/h1-5,8,11-12H,6H2,(H,10,13). The summed E-state index contributed by atoms with van der Waals surface area (Å²) in [6.07, 6.45) is -2.29. The van der Waals surface area contributed by atoms with E-state index in [2.05, 4.69) is 10.1 Å². The van der Waals surface area contributed by atoms with Crippen molar-refractivity contribution in [3.8, 4) is 0 Å². The fraction of sp³-hybridized carbons (Fsp3) is 0.222. The lowest BCUT2D eigenvalue weighted by molar-refractivity contribution is -0.0779. The number of aliphatic hydroxyl groups excluding tert-OH is 2. The second-order valence-electron chi connectivity index (χ2n) is 2.53. The van der Waals surface area contributed by atoms with Crippen LogP contribution in [0.4, 0.5) is 10.5 Å². The number of para-hydroxylation sites is 1. The van der Waals surface area contributed by atoms with Crippen molar-refractivity contribution < 1.29 is 19.7 Å². The van der Waals surface area contributed by atoms with Crippen LogP contribution in [0.5, 0.6) is 0 Å². The molecular weight excluding hydrogens is 186 g/mol. The molecule has 0 aliphatic rings. The summed E-state index contributed by atoms with van der Waals surface area (Å²) >= 11 is 0. The fourth-order valence-corrected chi connectivity index (χ4v) is 0.830. The third kappa shape index (κ3) is 3.42. The molecule has 1 aromatic rings. The molecule has 5 nitrogen and oxygen atoms in total. The second-order valence-corrected chi connectivity index (χ2v) is 2.53. The van der Waals surface area contributed by atoms with Crippen LogP contribution < -0.4 is 5.32 Å². The Bertz CT molecular complexity index is 288. The van der Waals surface area contributed by atoms with Crippen molar-refractivity contribution in [3.63, 3.8) is 0 Å². The van der Waals surface area contributed by atoms with E-state index in [4.69, 9.17) is 10.2 Å². The molecule has 0 radical (unpaired) electrons. The molecule has 0 aliphatic carbocycles. The van der Waals surface area contributed by atoms with E-state index < -0.39 is 19.0 Å². The van der Waals surface area contributed by atoms with Crippen LogP contribution >= 0.6 is 0 Å². The highest BCUT2D eigenvalue weighted by Crippen LogP contribution is 2.05. The fourth-order valence-electron chi connectivity index (χ4n) is 0.830. The molecule has 1 rings (SSSR count). The van der Waals surface area contributed by atoms with Gasteiger partial charge < -0.3 is 14.9 Å². The van der Waals surface area contributed by atoms with Crippen LogP contribution in [0.2, 0.25) is 0 Å². The topological polar surface area (TPSA) is 78.8 Å². The third-order valence-electron chi connectivity index (χ3n) is 1.42. The first-order chi connectivity index (χ1) is 6.72. The zero-order valence-electron chi connectivity index (χ0n) is 7.38. The number of nitrogens with one attached hydrogen (secondary N) is 1. The minimum atomic E-state index is -1.49. The predicted octanol–water partition coefficient (Wildman–Crippen LogP) is 0.546. The Balaban J connectivity index is 2.42. The van der Waals surface area contributed by atoms with Crippen molar-refractivity contribution in [1.82, 2.24) is 0 Å². The summed E-state index contributed by atoms with van der Waals surface area (Å²) in [5.41, 5.74) is 0.558. The minimum absolute atomic E-state index is 0.558. The van der Waals surface area contributed by atoms with E-state index in [-0.39, 0.29) is 0 Å². The van der Waals surface area contributed by atoms with Gasteiger partial charge in [0.05, 0.1) is 0 Å². The SMILES string of the molecule is O=C(Nc1ccccc1)OC(O)CO. The van der Waals surface area contributed by atoms with Crippen LogP contribution in [0.3, 0.4) is 0 Å². The number of ether oxygens (including phenoxy) is 1. The van der Waals surface area contributed by atoms with Gasteiger partial charge in [0.25, 0.3) is 0 Å². The maximum absolute atomic E-state index is 11.0. The lowest BCUT2D eigenvalue weighted by Gasteiger charge is -2.09. The number of hydrogen-bond acceptors (Lipinski definition) is 4. The van der Waals surface area contributed by atoms with Crippen LogP contribution in [0.25, 0.3) is 0 Å². The van der Waals surface area contributed by atoms with Crippen molar-refractivity contribution in [2.75, 3.05) is 11.9 Å². The van der Waals surface area contributed by atoms with Gasteiger partial charge in [-0.05, 0) is 12.1 Å². The van der Waals surface area contributed by atoms with Gasteiger partial charge in [-0.25, -0.2) is 4.79 Å². The Morgan fingerprint density at radius 2 is 2.07 bits per heavy atom. The van der Waals surface area contributed by atoms with Gasteiger partial charge in [0.1, 0.15) is 6.61 Å². The Hall–Kier alpha value is -1.59. The molecule has 0 aliphatic heterocycles. The number of rotatable bonds is 3. The van der Waals surface area contributed by atoms with Crippen molar-refractivity contribution >= 4 is 11.8 Å². The molecule has 14 heavy (non-hydrogen) atoms.